The van der Waals surface area contributed by atoms with Crippen molar-refractivity contribution in [2.75, 3.05) is 12.3 Å². The lowest BCUT2D eigenvalue weighted by Crippen LogP contribution is -2.23. The Kier molecular flexibility index (Phi) is 6.62. The number of halogens is 3. The number of thiazole rings is 1. The topological polar surface area (TPSA) is 24.9 Å². The first-order valence-electron chi connectivity index (χ1n) is 6.22. The van der Waals surface area contributed by atoms with Gasteiger partial charge < -0.3 is 5.32 Å². The van der Waals surface area contributed by atoms with Gasteiger partial charge >= 0.3 is 6.18 Å². The van der Waals surface area contributed by atoms with Crippen LogP contribution < -0.4 is 5.32 Å². The van der Waals surface area contributed by atoms with Gasteiger partial charge in [-0.2, -0.15) is 24.9 Å². The van der Waals surface area contributed by atoms with Gasteiger partial charge in [-0.25, -0.2) is 4.98 Å². The number of nitrogens with zero attached hydrogens (tertiary/aromatic N) is 1. The van der Waals surface area contributed by atoms with Crippen LogP contribution in [0, 0.1) is 0 Å². The van der Waals surface area contributed by atoms with Gasteiger partial charge in [0.1, 0.15) is 0 Å². The minimum Gasteiger partial charge on any atom is -0.309 e. The Bertz CT molecular complexity index is 377. The molecule has 1 heterocycles. The Morgan fingerprint density at radius 3 is 2.58 bits per heavy atom. The largest absolute Gasteiger partial charge is 0.443 e. The highest BCUT2D eigenvalue weighted by molar-refractivity contribution is 7.99. The summed E-state index contributed by atoms with van der Waals surface area (Å²) in [4.78, 5) is 4.15. The Morgan fingerprint density at radius 1 is 1.42 bits per heavy atom. The fraction of sp³-hybridized carbons (Fsp3) is 0.750. The molecule has 1 rings (SSSR count). The Balaban J connectivity index is 2.75. The van der Waals surface area contributed by atoms with Crippen LogP contribution in [0.4, 0.5) is 13.2 Å². The summed E-state index contributed by atoms with van der Waals surface area (Å²) in [6, 6.07) is -0.0547. The second kappa shape index (κ2) is 7.50. The van der Waals surface area contributed by atoms with Crippen molar-refractivity contribution in [3.05, 3.63) is 16.1 Å². The van der Waals surface area contributed by atoms with Gasteiger partial charge in [-0.1, -0.05) is 20.8 Å². The third kappa shape index (κ3) is 5.71. The van der Waals surface area contributed by atoms with Crippen LogP contribution >= 0.6 is 23.1 Å². The minimum atomic E-state index is -4.34. The number of alkyl halides is 3. The molecule has 1 atom stereocenters. The fourth-order valence-corrected chi connectivity index (χ4v) is 3.27. The van der Waals surface area contributed by atoms with E-state index in [1.54, 1.807) is 11.8 Å². The quantitative estimate of drug-likeness (QED) is 0.810. The fourth-order valence-electron chi connectivity index (χ4n) is 1.43. The molecule has 0 saturated heterocycles. The first kappa shape index (κ1) is 16.8. The van der Waals surface area contributed by atoms with Crippen molar-refractivity contribution in [1.82, 2.24) is 10.3 Å². The van der Waals surface area contributed by atoms with Crippen molar-refractivity contribution >= 4 is 23.1 Å². The molecule has 0 bridgehead atoms. The van der Waals surface area contributed by atoms with Crippen molar-refractivity contribution in [3.63, 3.8) is 0 Å². The Labute approximate surface area is 120 Å². The van der Waals surface area contributed by atoms with Crippen LogP contribution in [0.25, 0.3) is 0 Å². The molecule has 0 aliphatic heterocycles. The van der Waals surface area contributed by atoms with E-state index in [-0.39, 0.29) is 6.04 Å². The molecule has 110 valence electrons. The highest BCUT2D eigenvalue weighted by Gasteiger charge is 2.35. The highest BCUT2D eigenvalue weighted by atomic mass is 32.2. The molecule has 2 nitrogen and oxygen atoms in total. The van der Waals surface area contributed by atoms with E-state index in [9.17, 15) is 13.2 Å². The van der Waals surface area contributed by atoms with Crippen LogP contribution in [-0.2, 0) is 6.18 Å². The number of nitrogens with one attached hydrogen (secondary N) is 1. The summed E-state index contributed by atoms with van der Waals surface area (Å²) in [7, 11) is 0. The maximum absolute atomic E-state index is 12.6. The van der Waals surface area contributed by atoms with Gasteiger partial charge in [0, 0.05) is 16.8 Å². The predicted molar refractivity (Wildman–Crippen MR) is 75.7 cm³/mol. The van der Waals surface area contributed by atoms with Gasteiger partial charge in [0.15, 0.2) is 5.01 Å². The van der Waals surface area contributed by atoms with E-state index in [2.05, 4.69) is 24.1 Å². The zero-order chi connectivity index (χ0) is 14.5. The van der Waals surface area contributed by atoms with Crippen LogP contribution in [-0.4, -0.2) is 22.5 Å². The maximum Gasteiger partial charge on any atom is 0.443 e. The van der Waals surface area contributed by atoms with Crippen molar-refractivity contribution in [1.29, 1.82) is 0 Å². The third-order valence-corrected chi connectivity index (χ3v) is 4.69. The molecule has 0 aliphatic carbocycles. The Morgan fingerprint density at radius 2 is 2.11 bits per heavy atom. The molecular weight excluding hydrogens is 293 g/mol. The van der Waals surface area contributed by atoms with Gasteiger partial charge in [-0.3, -0.25) is 0 Å². The lowest BCUT2D eigenvalue weighted by molar-refractivity contribution is -0.137. The van der Waals surface area contributed by atoms with Crippen LogP contribution in [0.5, 0.6) is 0 Å². The molecular formula is C12H19F3N2S2. The molecule has 1 unspecified atom stereocenters. The third-order valence-electron chi connectivity index (χ3n) is 2.35. The predicted octanol–water partition coefficient (Wildman–Crippen LogP) is 4.34. The zero-order valence-corrected chi connectivity index (χ0v) is 12.9. The number of aromatic nitrogens is 1. The average Bonchev–Trinajstić information content (AvgIpc) is 2.78. The zero-order valence-electron chi connectivity index (χ0n) is 11.3. The number of rotatable bonds is 7. The summed E-state index contributed by atoms with van der Waals surface area (Å²) in [5.74, 6) is 0.761. The van der Waals surface area contributed by atoms with Gasteiger partial charge in [0.05, 0.1) is 6.04 Å². The smallest absolute Gasteiger partial charge is 0.309 e. The molecule has 7 heteroatoms. The normalized spacial score (nSPS) is 14.1. The molecule has 0 aromatic carbocycles. The molecule has 0 spiro atoms. The van der Waals surface area contributed by atoms with E-state index >= 15 is 0 Å². The molecule has 1 aromatic rings. The summed E-state index contributed by atoms with van der Waals surface area (Å²) < 4.78 is 37.7. The SMILES string of the molecule is CCCNC(CSC(C)C)c1cnc(C(F)(F)F)s1. The summed E-state index contributed by atoms with van der Waals surface area (Å²) in [6.45, 7) is 6.99. The summed E-state index contributed by atoms with van der Waals surface area (Å²) in [5.41, 5.74) is 0. The van der Waals surface area contributed by atoms with Crippen LogP contribution in [0.1, 0.15) is 43.1 Å². The standard InChI is InChI=1S/C12H19F3N2S2/c1-4-5-16-9(7-18-8(2)3)10-6-17-11(19-10)12(13,14)15/h6,8-9,16H,4-5,7H2,1-3H3. The van der Waals surface area contributed by atoms with Crippen LogP contribution in [0.2, 0.25) is 0 Å². The van der Waals surface area contributed by atoms with Gasteiger partial charge in [-0.05, 0) is 18.2 Å². The van der Waals surface area contributed by atoms with Crippen molar-refractivity contribution in [2.24, 2.45) is 0 Å². The number of thioether (sulfide) groups is 1. The molecule has 1 N–H and O–H groups in total. The molecule has 0 amide bonds. The number of hydrogen-bond donors (Lipinski definition) is 1. The van der Waals surface area contributed by atoms with E-state index < -0.39 is 11.2 Å². The van der Waals surface area contributed by atoms with E-state index in [1.807, 2.05) is 6.92 Å². The highest BCUT2D eigenvalue weighted by Crippen LogP contribution is 2.35. The minimum absolute atomic E-state index is 0.0547. The second-order valence-electron chi connectivity index (χ2n) is 4.45. The van der Waals surface area contributed by atoms with Crippen molar-refractivity contribution < 1.29 is 13.2 Å². The van der Waals surface area contributed by atoms with Gasteiger partial charge in [-0.15, -0.1) is 11.3 Å². The molecule has 1 aromatic heterocycles. The lowest BCUT2D eigenvalue weighted by atomic mass is 10.3. The van der Waals surface area contributed by atoms with E-state index in [0.29, 0.717) is 10.1 Å². The molecule has 0 aliphatic rings. The summed E-state index contributed by atoms with van der Waals surface area (Å²) in [5, 5.41) is 2.98. The number of hydrogen-bond acceptors (Lipinski definition) is 4. The molecule has 0 saturated carbocycles. The first-order valence-corrected chi connectivity index (χ1v) is 8.09. The van der Waals surface area contributed by atoms with E-state index in [4.69, 9.17) is 0 Å². The monoisotopic (exact) mass is 312 g/mol. The van der Waals surface area contributed by atoms with Gasteiger partial charge in [0.25, 0.3) is 0 Å². The van der Waals surface area contributed by atoms with Gasteiger partial charge in [0.2, 0.25) is 0 Å². The van der Waals surface area contributed by atoms with Crippen LogP contribution in [0.15, 0.2) is 6.20 Å². The second-order valence-corrected chi connectivity index (χ2v) is 7.13. The molecule has 0 radical (unpaired) electrons. The van der Waals surface area contributed by atoms with Crippen LogP contribution in [0.3, 0.4) is 0 Å². The summed E-state index contributed by atoms with van der Waals surface area (Å²) >= 11 is 2.47. The lowest BCUT2D eigenvalue weighted by Gasteiger charge is -2.17. The van der Waals surface area contributed by atoms with Crippen molar-refractivity contribution in [2.45, 2.75) is 44.7 Å². The molecule has 0 fully saturated rings. The van der Waals surface area contributed by atoms with E-state index in [0.717, 1.165) is 30.1 Å². The Hall–Kier alpha value is -0.270. The molecule has 19 heavy (non-hydrogen) atoms. The average molecular weight is 312 g/mol. The summed E-state index contributed by atoms with van der Waals surface area (Å²) in [6.07, 6.45) is -2.04. The van der Waals surface area contributed by atoms with E-state index in [1.165, 1.54) is 6.20 Å². The van der Waals surface area contributed by atoms with Crippen molar-refractivity contribution in [3.8, 4) is 0 Å². The maximum atomic E-state index is 12.6. The first-order chi connectivity index (χ1) is 8.84.